The summed E-state index contributed by atoms with van der Waals surface area (Å²) < 4.78 is 5.73. The Morgan fingerprint density at radius 1 is 1.16 bits per heavy atom. The zero-order valence-corrected chi connectivity index (χ0v) is 20.9. The van der Waals surface area contributed by atoms with Gasteiger partial charge in [-0.25, -0.2) is 0 Å². The molecule has 0 aromatic heterocycles. The van der Waals surface area contributed by atoms with Crippen molar-refractivity contribution < 1.29 is 9.84 Å². The average molecular weight is 535 g/mol. The highest BCUT2D eigenvalue weighted by Gasteiger charge is 2.54. The zero-order chi connectivity index (χ0) is 21.1. The Morgan fingerprint density at radius 3 is 2.74 bits per heavy atom. The molecule has 5 nitrogen and oxygen atoms in total. The molecule has 2 aromatic carbocycles. The topological polar surface area (TPSA) is 65.9 Å². The molecule has 0 saturated heterocycles. The van der Waals surface area contributed by atoms with Crippen molar-refractivity contribution in [1.82, 2.24) is 10.6 Å². The van der Waals surface area contributed by atoms with Crippen molar-refractivity contribution in [3.05, 3.63) is 65.2 Å². The second kappa shape index (κ2) is 10.7. The number of aliphatic imine (C=N–C) groups is 1. The molecule has 31 heavy (non-hydrogen) atoms. The Kier molecular flexibility index (Phi) is 8.22. The molecule has 0 radical (unpaired) electrons. The predicted molar refractivity (Wildman–Crippen MR) is 136 cm³/mol. The minimum Gasteiger partial charge on any atom is -0.491 e. The third kappa shape index (κ3) is 5.71. The van der Waals surface area contributed by atoms with E-state index < -0.39 is 6.10 Å². The number of ether oxygens (including phenoxy) is 1. The zero-order valence-electron chi connectivity index (χ0n) is 18.5. The first-order chi connectivity index (χ1) is 14.6. The van der Waals surface area contributed by atoms with Gasteiger partial charge < -0.3 is 20.5 Å². The lowest BCUT2D eigenvalue weighted by atomic mass is 10.0. The van der Waals surface area contributed by atoms with E-state index in [1.165, 1.54) is 17.5 Å². The van der Waals surface area contributed by atoms with Crippen LogP contribution in [0.25, 0.3) is 0 Å². The highest BCUT2D eigenvalue weighted by molar-refractivity contribution is 14.0. The highest BCUT2D eigenvalue weighted by atomic mass is 127. The molecule has 4 unspecified atom stereocenters. The molecule has 168 valence electrons. The van der Waals surface area contributed by atoms with Crippen molar-refractivity contribution in [2.24, 2.45) is 16.8 Å². The Morgan fingerprint density at radius 2 is 1.97 bits per heavy atom. The average Bonchev–Trinajstić information content (AvgIpc) is 3.27. The molecule has 0 amide bonds. The Bertz CT molecular complexity index is 902. The van der Waals surface area contributed by atoms with Crippen LogP contribution in [-0.2, 0) is 6.42 Å². The van der Waals surface area contributed by atoms with E-state index in [-0.39, 0.29) is 30.1 Å². The fourth-order valence-electron chi connectivity index (χ4n) is 4.67. The second-order valence-corrected chi connectivity index (χ2v) is 8.61. The number of halogens is 1. The largest absolute Gasteiger partial charge is 0.491 e. The second-order valence-electron chi connectivity index (χ2n) is 8.61. The van der Waals surface area contributed by atoms with Crippen molar-refractivity contribution in [2.75, 3.05) is 19.6 Å². The van der Waals surface area contributed by atoms with Gasteiger partial charge in [0.2, 0.25) is 0 Å². The standard InChI is InChI=1S/C25H33N3O2.HI/c1-4-26-25(27-14-22-21-13-17-8-5-6-11-20(17)24(21)22)28-15-23(29)18-9-7-10-19(12-18)30-16(2)3;/h5-12,16,21-24,29H,4,13-15H2,1-3H3,(H2,26,27,28);1H. The van der Waals surface area contributed by atoms with Gasteiger partial charge in [0.25, 0.3) is 0 Å². The molecule has 1 saturated carbocycles. The molecule has 0 aliphatic heterocycles. The minimum atomic E-state index is -0.664. The van der Waals surface area contributed by atoms with Crippen LogP contribution in [0.4, 0.5) is 0 Å². The van der Waals surface area contributed by atoms with Crippen LogP contribution < -0.4 is 15.4 Å². The number of rotatable bonds is 8. The van der Waals surface area contributed by atoms with Crippen LogP contribution in [0.15, 0.2) is 53.5 Å². The summed E-state index contributed by atoms with van der Waals surface area (Å²) in [5.74, 6) is 3.69. The Hall–Kier alpha value is -1.80. The normalized spacial score (nSPS) is 22.2. The SMILES string of the molecule is CCNC(=NCC(O)c1cccc(OC(C)C)c1)NCC1C2Cc3ccccc3C12.I. The number of hydrogen-bond acceptors (Lipinski definition) is 3. The molecule has 0 spiro atoms. The van der Waals surface area contributed by atoms with E-state index >= 15 is 0 Å². The van der Waals surface area contributed by atoms with Crippen molar-refractivity contribution in [1.29, 1.82) is 0 Å². The third-order valence-electron chi connectivity index (χ3n) is 6.09. The first kappa shape index (κ1) is 23.9. The van der Waals surface area contributed by atoms with Gasteiger partial charge in [-0.15, -0.1) is 24.0 Å². The van der Waals surface area contributed by atoms with Crippen LogP contribution in [0.5, 0.6) is 5.75 Å². The van der Waals surface area contributed by atoms with Crippen LogP contribution in [0.3, 0.4) is 0 Å². The maximum absolute atomic E-state index is 10.6. The first-order valence-corrected chi connectivity index (χ1v) is 11.1. The molecule has 3 N–H and O–H groups in total. The van der Waals surface area contributed by atoms with E-state index in [2.05, 4.69) is 46.8 Å². The molecular weight excluding hydrogens is 501 g/mol. The van der Waals surface area contributed by atoms with Crippen LogP contribution in [0, 0.1) is 11.8 Å². The lowest BCUT2D eigenvalue weighted by Crippen LogP contribution is -2.39. The molecule has 6 heteroatoms. The van der Waals surface area contributed by atoms with E-state index in [9.17, 15) is 5.11 Å². The fraction of sp³-hybridized carbons (Fsp3) is 0.480. The van der Waals surface area contributed by atoms with Gasteiger partial charge >= 0.3 is 0 Å². The lowest BCUT2D eigenvalue weighted by molar-refractivity contribution is 0.185. The maximum Gasteiger partial charge on any atom is 0.191 e. The predicted octanol–water partition coefficient (Wildman–Crippen LogP) is 4.27. The van der Waals surface area contributed by atoms with Gasteiger partial charge in [-0.05, 0) is 73.8 Å². The fourth-order valence-corrected chi connectivity index (χ4v) is 4.67. The first-order valence-electron chi connectivity index (χ1n) is 11.1. The van der Waals surface area contributed by atoms with Crippen molar-refractivity contribution in [3.63, 3.8) is 0 Å². The Labute approximate surface area is 202 Å². The van der Waals surface area contributed by atoms with E-state index in [0.717, 1.165) is 36.3 Å². The summed E-state index contributed by atoms with van der Waals surface area (Å²) in [7, 11) is 0. The van der Waals surface area contributed by atoms with Crippen molar-refractivity contribution >= 4 is 29.9 Å². The molecule has 4 atom stereocenters. The molecular formula is C25H34IN3O2. The number of benzene rings is 2. The molecule has 0 heterocycles. The van der Waals surface area contributed by atoms with Crippen LogP contribution in [0.2, 0.25) is 0 Å². The molecule has 2 aliphatic carbocycles. The summed E-state index contributed by atoms with van der Waals surface area (Å²) in [5.41, 5.74) is 3.88. The summed E-state index contributed by atoms with van der Waals surface area (Å²) in [6.45, 7) is 8.06. The van der Waals surface area contributed by atoms with Crippen molar-refractivity contribution in [3.8, 4) is 5.75 Å². The summed E-state index contributed by atoms with van der Waals surface area (Å²) >= 11 is 0. The highest BCUT2D eigenvalue weighted by Crippen LogP contribution is 2.60. The van der Waals surface area contributed by atoms with Gasteiger partial charge in [-0.2, -0.15) is 0 Å². The summed E-state index contributed by atoms with van der Waals surface area (Å²) in [4.78, 5) is 4.62. The number of guanidine groups is 1. The van der Waals surface area contributed by atoms with Gasteiger partial charge in [-0.3, -0.25) is 4.99 Å². The van der Waals surface area contributed by atoms with E-state index in [1.54, 1.807) is 0 Å². The molecule has 0 bridgehead atoms. The minimum absolute atomic E-state index is 0. The van der Waals surface area contributed by atoms with E-state index in [0.29, 0.717) is 18.4 Å². The van der Waals surface area contributed by atoms with Gasteiger partial charge in [0.05, 0.1) is 18.8 Å². The monoisotopic (exact) mass is 535 g/mol. The number of nitrogens with zero attached hydrogens (tertiary/aromatic N) is 1. The van der Waals surface area contributed by atoms with E-state index in [1.807, 2.05) is 38.1 Å². The van der Waals surface area contributed by atoms with Crippen LogP contribution >= 0.6 is 24.0 Å². The maximum atomic E-state index is 10.6. The van der Waals surface area contributed by atoms with Gasteiger partial charge in [0, 0.05) is 13.1 Å². The van der Waals surface area contributed by atoms with Crippen LogP contribution in [-0.4, -0.2) is 36.8 Å². The quantitative estimate of drug-likeness (QED) is 0.269. The summed E-state index contributed by atoms with van der Waals surface area (Å²) in [5, 5.41) is 17.4. The molecule has 4 rings (SSSR count). The Balaban J connectivity index is 0.00000272. The number of aliphatic hydroxyl groups excluding tert-OH is 1. The molecule has 2 aromatic rings. The van der Waals surface area contributed by atoms with Gasteiger partial charge in [0.15, 0.2) is 5.96 Å². The molecule has 1 fully saturated rings. The van der Waals surface area contributed by atoms with Gasteiger partial charge in [-0.1, -0.05) is 36.4 Å². The van der Waals surface area contributed by atoms with Crippen LogP contribution in [0.1, 0.15) is 49.5 Å². The number of aliphatic hydroxyl groups is 1. The molecule has 2 aliphatic rings. The number of fused-ring (bicyclic) bond motifs is 3. The van der Waals surface area contributed by atoms with Crippen molar-refractivity contribution in [2.45, 2.75) is 45.3 Å². The smallest absolute Gasteiger partial charge is 0.191 e. The number of hydrogen-bond donors (Lipinski definition) is 3. The number of nitrogens with one attached hydrogen (secondary N) is 2. The third-order valence-corrected chi connectivity index (χ3v) is 6.09. The van der Waals surface area contributed by atoms with Gasteiger partial charge in [0.1, 0.15) is 5.75 Å². The summed E-state index contributed by atoms with van der Waals surface area (Å²) in [6.07, 6.45) is 0.645. The summed E-state index contributed by atoms with van der Waals surface area (Å²) in [6, 6.07) is 16.5. The van der Waals surface area contributed by atoms with E-state index in [4.69, 9.17) is 4.74 Å². The lowest BCUT2D eigenvalue weighted by Gasteiger charge is -2.15.